The van der Waals surface area contributed by atoms with Gasteiger partial charge in [0.25, 0.3) is 0 Å². The Morgan fingerprint density at radius 1 is 1.53 bits per heavy atom. The molecule has 1 aromatic heterocycles. The van der Waals surface area contributed by atoms with Crippen LogP contribution in [-0.4, -0.2) is 41.8 Å². The molecule has 1 aromatic rings. The molecule has 0 saturated carbocycles. The minimum absolute atomic E-state index is 0.264. The average molecular weight is 231 g/mol. The second-order valence-electron chi connectivity index (χ2n) is 4.46. The molecule has 1 atom stereocenters. The molecule has 1 fully saturated rings. The second kappa shape index (κ2) is 5.60. The van der Waals surface area contributed by atoms with Gasteiger partial charge in [0.2, 0.25) is 0 Å². The van der Waals surface area contributed by atoms with E-state index < -0.39 is 0 Å². The lowest BCUT2D eigenvalue weighted by Gasteiger charge is -2.28. The third kappa shape index (κ3) is 3.14. The average Bonchev–Trinajstić information content (AvgIpc) is 2.37. The number of nitrogens with zero attached hydrogens (tertiary/aromatic N) is 4. The minimum Gasteiger partial charge on any atom is -0.356 e. The molecule has 2 heterocycles. The van der Waals surface area contributed by atoms with Crippen LogP contribution in [0.2, 0.25) is 0 Å². The maximum Gasteiger partial charge on any atom is 0.149 e. The summed E-state index contributed by atoms with van der Waals surface area (Å²) in [5, 5.41) is 19.7. The summed E-state index contributed by atoms with van der Waals surface area (Å²) < 4.78 is 0. The molecule has 90 valence electrons. The van der Waals surface area contributed by atoms with Gasteiger partial charge in [-0.25, -0.2) is 0 Å². The maximum absolute atomic E-state index is 8.45. The molecule has 17 heavy (non-hydrogen) atoms. The molecular formula is C12H17N5. The van der Waals surface area contributed by atoms with Crippen molar-refractivity contribution in [3.63, 3.8) is 0 Å². The first-order chi connectivity index (χ1) is 8.29. The predicted molar refractivity (Wildman–Crippen MR) is 65.6 cm³/mol. The molecule has 0 bridgehead atoms. The molecule has 1 N–H and O–H groups in total. The number of nitrogens with one attached hydrogen (secondary N) is 1. The van der Waals surface area contributed by atoms with Gasteiger partial charge in [-0.1, -0.05) is 0 Å². The summed E-state index contributed by atoms with van der Waals surface area (Å²) in [4.78, 5) is 2.33. The number of likely N-dealkylation sites (tertiary alicyclic amines) is 1. The van der Waals surface area contributed by atoms with Crippen molar-refractivity contribution in [2.24, 2.45) is 0 Å². The highest BCUT2D eigenvalue weighted by Crippen LogP contribution is 2.24. The molecule has 0 aromatic carbocycles. The molecule has 1 aliphatic rings. The summed E-state index contributed by atoms with van der Waals surface area (Å²) in [5.74, 6) is 1.16. The maximum atomic E-state index is 8.45. The largest absolute Gasteiger partial charge is 0.356 e. The third-order valence-electron chi connectivity index (χ3n) is 3.08. The first-order valence-electron chi connectivity index (χ1n) is 5.92. The zero-order valence-electron chi connectivity index (χ0n) is 10.1. The van der Waals surface area contributed by atoms with Gasteiger partial charge >= 0.3 is 0 Å². The fraction of sp³-hybridized carbons (Fsp3) is 0.583. The number of nitriles is 1. The van der Waals surface area contributed by atoms with Gasteiger partial charge in [-0.2, -0.15) is 10.4 Å². The lowest BCUT2D eigenvalue weighted by molar-refractivity contribution is 0.248. The Balaban J connectivity index is 1.99. The molecule has 5 heteroatoms. The lowest BCUT2D eigenvalue weighted by Crippen LogP contribution is -2.31. The van der Waals surface area contributed by atoms with Crippen LogP contribution in [0.1, 0.15) is 24.5 Å². The van der Waals surface area contributed by atoms with E-state index >= 15 is 0 Å². The molecule has 0 amide bonds. The van der Waals surface area contributed by atoms with Crippen molar-refractivity contribution in [3.05, 3.63) is 17.8 Å². The quantitative estimate of drug-likeness (QED) is 0.792. The van der Waals surface area contributed by atoms with Crippen molar-refractivity contribution in [1.29, 1.82) is 5.26 Å². The molecule has 1 unspecified atom stereocenters. The van der Waals surface area contributed by atoms with Crippen LogP contribution in [0, 0.1) is 11.3 Å². The summed E-state index contributed by atoms with van der Waals surface area (Å²) in [5.41, 5.74) is 1.05. The van der Waals surface area contributed by atoms with E-state index in [1.165, 1.54) is 19.4 Å². The highest BCUT2D eigenvalue weighted by molar-refractivity contribution is 5.34. The zero-order valence-corrected chi connectivity index (χ0v) is 10.1. The standard InChI is InChI=1S/C12H17N5/c1-17-8-2-3-10(9-17)11-4-5-12(16-15-11)14-7-6-13/h4-5,10H,2-3,7-9H2,1H3,(H,14,16). The van der Waals surface area contributed by atoms with Gasteiger partial charge in [0, 0.05) is 12.5 Å². The van der Waals surface area contributed by atoms with Gasteiger partial charge in [-0.3, -0.25) is 0 Å². The van der Waals surface area contributed by atoms with Crippen LogP contribution in [0.15, 0.2) is 12.1 Å². The number of anilines is 1. The van der Waals surface area contributed by atoms with Crippen molar-refractivity contribution < 1.29 is 0 Å². The molecule has 0 radical (unpaired) electrons. The van der Waals surface area contributed by atoms with Crippen LogP contribution >= 0.6 is 0 Å². The van der Waals surface area contributed by atoms with Crippen molar-refractivity contribution in [1.82, 2.24) is 15.1 Å². The summed E-state index contributed by atoms with van der Waals surface area (Å²) in [6, 6.07) is 5.92. The van der Waals surface area contributed by atoms with Crippen LogP contribution in [0.4, 0.5) is 5.82 Å². The predicted octanol–water partition coefficient (Wildman–Crippen LogP) is 1.22. The topological polar surface area (TPSA) is 64.8 Å². The van der Waals surface area contributed by atoms with Crippen LogP contribution in [0.5, 0.6) is 0 Å². The van der Waals surface area contributed by atoms with E-state index in [1.54, 1.807) is 0 Å². The van der Waals surface area contributed by atoms with Gasteiger partial charge in [0.05, 0.1) is 11.8 Å². The zero-order chi connectivity index (χ0) is 12.1. The molecule has 1 saturated heterocycles. The summed E-state index contributed by atoms with van der Waals surface area (Å²) in [7, 11) is 2.14. The van der Waals surface area contributed by atoms with Gasteiger partial charge in [-0.15, -0.1) is 5.10 Å². The van der Waals surface area contributed by atoms with E-state index in [9.17, 15) is 0 Å². The third-order valence-corrected chi connectivity index (χ3v) is 3.08. The number of aromatic nitrogens is 2. The SMILES string of the molecule is CN1CCCC(c2ccc(NCC#N)nn2)C1. The van der Waals surface area contributed by atoms with Crippen molar-refractivity contribution in [2.45, 2.75) is 18.8 Å². The van der Waals surface area contributed by atoms with Crippen LogP contribution in [0.3, 0.4) is 0 Å². The number of rotatable bonds is 3. The minimum atomic E-state index is 0.264. The van der Waals surface area contributed by atoms with E-state index in [2.05, 4.69) is 27.5 Å². The Morgan fingerprint density at radius 2 is 2.41 bits per heavy atom. The smallest absolute Gasteiger partial charge is 0.149 e. The Labute approximate surface area is 101 Å². The number of piperidine rings is 1. The Morgan fingerprint density at radius 3 is 3.06 bits per heavy atom. The molecule has 1 aliphatic heterocycles. The van der Waals surface area contributed by atoms with Gasteiger partial charge in [0.1, 0.15) is 12.4 Å². The lowest BCUT2D eigenvalue weighted by atomic mass is 9.95. The number of hydrogen-bond acceptors (Lipinski definition) is 5. The van der Waals surface area contributed by atoms with Crippen LogP contribution < -0.4 is 5.32 Å². The first kappa shape index (κ1) is 11.8. The second-order valence-corrected chi connectivity index (χ2v) is 4.46. The number of hydrogen-bond donors (Lipinski definition) is 1. The fourth-order valence-electron chi connectivity index (χ4n) is 2.19. The molecule has 0 spiro atoms. The monoisotopic (exact) mass is 231 g/mol. The van der Waals surface area contributed by atoms with E-state index in [1.807, 2.05) is 18.2 Å². The van der Waals surface area contributed by atoms with Gasteiger partial charge < -0.3 is 10.2 Å². The fourth-order valence-corrected chi connectivity index (χ4v) is 2.19. The first-order valence-corrected chi connectivity index (χ1v) is 5.92. The summed E-state index contributed by atoms with van der Waals surface area (Å²) in [6.45, 7) is 2.49. The van der Waals surface area contributed by atoms with Crippen molar-refractivity contribution in [3.8, 4) is 6.07 Å². The number of likely N-dealkylation sites (N-methyl/N-ethyl adjacent to an activating group) is 1. The van der Waals surface area contributed by atoms with Gasteiger partial charge in [-0.05, 0) is 38.6 Å². The Hall–Kier alpha value is -1.67. The van der Waals surface area contributed by atoms with Gasteiger partial charge in [0.15, 0.2) is 0 Å². The molecule has 5 nitrogen and oxygen atoms in total. The van der Waals surface area contributed by atoms with Crippen molar-refractivity contribution in [2.75, 3.05) is 32.0 Å². The molecule has 0 aliphatic carbocycles. The highest BCUT2D eigenvalue weighted by atomic mass is 15.2. The summed E-state index contributed by atoms with van der Waals surface area (Å²) in [6.07, 6.45) is 2.40. The highest BCUT2D eigenvalue weighted by Gasteiger charge is 2.20. The van der Waals surface area contributed by atoms with Crippen LogP contribution in [-0.2, 0) is 0 Å². The van der Waals surface area contributed by atoms with E-state index in [-0.39, 0.29) is 6.54 Å². The summed E-state index contributed by atoms with van der Waals surface area (Å²) >= 11 is 0. The van der Waals surface area contributed by atoms with E-state index in [0.717, 1.165) is 12.2 Å². The Kier molecular flexibility index (Phi) is 3.89. The Bertz CT molecular complexity index is 394. The normalized spacial score (nSPS) is 20.8. The van der Waals surface area contributed by atoms with Crippen LogP contribution in [0.25, 0.3) is 0 Å². The van der Waals surface area contributed by atoms with Crippen molar-refractivity contribution >= 4 is 5.82 Å². The van der Waals surface area contributed by atoms with E-state index in [0.29, 0.717) is 11.7 Å². The molecule has 2 rings (SSSR count). The molecular weight excluding hydrogens is 214 g/mol. The van der Waals surface area contributed by atoms with E-state index in [4.69, 9.17) is 5.26 Å².